The number of hydrogen-bond acceptors (Lipinski definition) is 6. The summed E-state index contributed by atoms with van der Waals surface area (Å²) < 4.78 is 5.27. The topological polar surface area (TPSA) is 67.1 Å². The molecule has 2 aromatic heterocycles. The highest BCUT2D eigenvalue weighted by molar-refractivity contribution is 5.88. The number of anilines is 1. The van der Waals surface area contributed by atoms with Crippen molar-refractivity contribution in [3.8, 4) is 0 Å². The van der Waals surface area contributed by atoms with Crippen molar-refractivity contribution in [2.75, 3.05) is 24.5 Å². The predicted octanol–water partition coefficient (Wildman–Crippen LogP) is 1.36. The zero-order chi connectivity index (χ0) is 13.7. The molecule has 0 amide bonds. The molecule has 3 atom stereocenters. The van der Waals surface area contributed by atoms with E-state index in [1.165, 1.54) is 0 Å². The highest BCUT2D eigenvalue weighted by Crippen LogP contribution is 2.39. The molecular formula is C14H19N5O. The average molecular weight is 273 g/mol. The van der Waals surface area contributed by atoms with Gasteiger partial charge in [-0.2, -0.15) is 4.98 Å². The second-order valence-electron chi connectivity index (χ2n) is 5.86. The molecule has 106 valence electrons. The lowest BCUT2D eigenvalue weighted by atomic mass is 9.93. The van der Waals surface area contributed by atoms with Gasteiger partial charge in [-0.15, -0.1) is 0 Å². The van der Waals surface area contributed by atoms with Gasteiger partial charge in [0.25, 0.3) is 5.71 Å². The molecule has 4 rings (SSSR count). The van der Waals surface area contributed by atoms with Crippen LogP contribution in [0.1, 0.15) is 19.0 Å². The van der Waals surface area contributed by atoms with E-state index in [0.717, 1.165) is 54.8 Å². The van der Waals surface area contributed by atoms with Crippen LogP contribution in [-0.2, 0) is 0 Å². The molecule has 4 heterocycles. The van der Waals surface area contributed by atoms with Gasteiger partial charge < -0.3 is 14.7 Å². The van der Waals surface area contributed by atoms with Crippen LogP contribution in [0.3, 0.4) is 0 Å². The van der Waals surface area contributed by atoms with Gasteiger partial charge in [-0.05, 0) is 25.2 Å². The van der Waals surface area contributed by atoms with Gasteiger partial charge in [0.1, 0.15) is 17.5 Å². The Morgan fingerprint density at radius 1 is 1.40 bits per heavy atom. The number of nitrogens with one attached hydrogen (secondary N) is 1. The maximum atomic E-state index is 5.27. The van der Waals surface area contributed by atoms with Crippen LogP contribution in [0.15, 0.2) is 10.9 Å². The van der Waals surface area contributed by atoms with Crippen molar-refractivity contribution in [1.29, 1.82) is 0 Å². The Labute approximate surface area is 117 Å². The fourth-order valence-corrected chi connectivity index (χ4v) is 3.91. The minimum Gasteiger partial charge on any atom is -0.352 e. The first kappa shape index (κ1) is 12.1. The fourth-order valence-electron chi connectivity index (χ4n) is 3.91. The van der Waals surface area contributed by atoms with Crippen molar-refractivity contribution >= 4 is 16.9 Å². The second-order valence-corrected chi connectivity index (χ2v) is 5.86. The minimum atomic E-state index is 0.544. The monoisotopic (exact) mass is 273 g/mol. The summed E-state index contributed by atoms with van der Waals surface area (Å²) >= 11 is 0. The number of fused-ring (bicyclic) bond motifs is 2. The molecule has 20 heavy (non-hydrogen) atoms. The minimum absolute atomic E-state index is 0.544. The zero-order valence-corrected chi connectivity index (χ0v) is 11.8. The molecule has 0 aliphatic carbocycles. The molecule has 2 aromatic rings. The molecule has 0 bridgehead atoms. The summed E-state index contributed by atoms with van der Waals surface area (Å²) in [6.07, 6.45) is 2.72. The van der Waals surface area contributed by atoms with Gasteiger partial charge in [0.2, 0.25) is 0 Å². The van der Waals surface area contributed by atoms with Crippen LogP contribution < -0.4 is 10.2 Å². The summed E-state index contributed by atoms with van der Waals surface area (Å²) in [5.74, 6) is 2.45. The predicted molar refractivity (Wildman–Crippen MR) is 75.6 cm³/mol. The van der Waals surface area contributed by atoms with Crippen molar-refractivity contribution in [1.82, 2.24) is 20.4 Å². The van der Waals surface area contributed by atoms with Gasteiger partial charge >= 0.3 is 0 Å². The molecule has 2 saturated heterocycles. The third-order valence-electron chi connectivity index (χ3n) is 4.83. The van der Waals surface area contributed by atoms with Crippen LogP contribution in [0.25, 0.3) is 11.1 Å². The van der Waals surface area contributed by atoms with E-state index in [1.807, 2.05) is 6.92 Å². The zero-order valence-electron chi connectivity index (χ0n) is 11.8. The van der Waals surface area contributed by atoms with E-state index in [-0.39, 0.29) is 0 Å². The van der Waals surface area contributed by atoms with Crippen LogP contribution in [-0.4, -0.2) is 40.8 Å². The Bertz CT molecular complexity index is 640. The first-order chi connectivity index (χ1) is 9.79. The van der Waals surface area contributed by atoms with Gasteiger partial charge in [-0.3, -0.25) is 0 Å². The Kier molecular flexibility index (Phi) is 2.66. The lowest BCUT2D eigenvalue weighted by Crippen LogP contribution is -2.35. The summed E-state index contributed by atoms with van der Waals surface area (Å²) in [5, 5.41) is 8.52. The van der Waals surface area contributed by atoms with E-state index >= 15 is 0 Å². The molecule has 2 fully saturated rings. The summed E-state index contributed by atoms with van der Waals surface area (Å²) in [4.78, 5) is 11.2. The Morgan fingerprint density at radius 3 is 3.15 bits per heavy atom. The number of aryl methyl sites for hydroxylation is 1. The van der Waals surface area contributed by atoms with Crippen molar-refractivity contribution in [3.05, 3.63) is 12.0 Å². The van der Waals surface area contributed by atoms with E-state index in [4.69, 9.17) is 4.52 Å². The summed E-state index contributed by atoms with van der Waals surface area (Å²) in [5.41, 5.74) is 1.47. The molecule has 2 aliphatic rings. The second kappa shape index (κ2) is 4.41. The number of aromatic nitrogens is 3. The Hall–Kier alpha value is -1.69. The van der Waals surface area contributed by atoms with Gasteiger partial charge in [0.15, 0.2) is 0 Å². The van der Waals surface area contributed by atoms with Crippen molar-refractivity contribution in [2.24, 2.45) is 11.8 Å². The summed E-state index contributed by atoms with van der Waals surface area (Å²) in [6, 6.07) is 0.544. The van der Waals surface area contributed by atoms with E-state index in [9.17, 15) is 0 Å². The van der Waals surface area contributed by atoms with Crippen LogP contribution >= 0.6 is 0 Å². The van der Waals surface area contributed by atoms with Gasteiger partial charge in [-0.25, -0.2) is 4.98 Å². The third kappa shape index (κ3) is 1.57. The lowest BCUT2D eigenvalue weighted by molar-refractivity contribution is 0.440. The molecule has 0 radical (unpaired) electrons. The molecule has 1 N–H and O–H groups in total. The maximum Gasteiger partial charge on any atom is 0.263 e. The Morgan fingerprint density at radius 2 is 2.30 bits per heavy atom. The van der Waals surface area contributed by atoms with Crippen LogP contribution in [0.5, 0.6) is 0 Å². The maximum absolute atomic E-state index is 5.27. The molecule has 6 heteroatoms. The summed E-state index contributed by atoms with van der Waals surface area (Å²) in [6.45, 7) is 7.52. The van der Waals surface area contributed by atoms with Crippen LogP contribution in [0.2, 0.25) is 0 Å². The van der Waals surface area contributed by atoms with E-state index < -0.39 is 0 Å². The highest BCUT2D eigenvalue weighted by Gasteiger charge is 2.44. The third-order valence-corrected chi connectivity index (χ3v) is 4.83. The molecule has 2 aliphatic heterocycles. The quantitative estimate of drug-likeness (QED) is 0.891. The standard InChI is InChI=1S/C14H19N5O/c1-3-11-10-5-15-4-9(10)6-19(11)13-12-8(2)18-20-14(12)17-7-16-13/h7,9-11,15H,3-6H2,1-2H3. The van der Waals surface area contributed by atoms with Gasteiger partial charge in [-0.1, -0.05) is 12.1 Å². The largest absolute Gasteiger partial charge is 0.352 e. The van der Waals surface area contributed by atoms with Crippen LogP contribution in [0.4, 0.5) is 5.82 Å². The molecule has 0 aromatic carbocycles. The molecule has 6 nitrogen and oxygen atoms in total. The van der Waals surface area contributed by atoms with Crippen LogP contribution in [0, 0.1) is 18.8 Å². The smallest absolute Gasteiger partial charge is 0.263 e. The number of nitrogens with zero attached hydrogens (tertiary/aromatic N) is 4. The van der Waals surface area contributed by atoms with Crippen molar-refractivity contribution in [2.45, 2.75) is 26.3 Å². The summed E-state index contributed by atoms with van der Waals surface area (Å²) in [7, 11) is 0. The van der Waals surface area contributed by atoms with E-state index in [1.54, 1.807) is 6.33 Å². The average Bonchev–Trinajstić information content (AvgIpc) is 3.12. The van der Waals surface area contributed by atoms with Gasteiger partial charge in [0.05, 0.1) is 5.69 Å². The van der Waals surface area contributed by atoms with Gasteiger partial charge in [0, 0.05) is 25.7 Å². The molecule has 0 saturated carbocycles. The molecule has 3 unspecified atom stereocenters. The van der Waals surface area contributed by atoms with E-state index in [0.29, 0.717) is 11.8 Å². The highest BCUT2D eigenvalue weighted by atomic mass is 16.5. The lowest BCUT2D eigenvalue weighted by Gasteiger charge is -2.28. The first-order valence-electron chi connectivity index (χ1n) is 7.34. The molecular weight excluding hydrogens is 254 g/mol. The normalized spacial score (nSPS) is 29.3. The number of hydrogen-bond donors (Lipinski definition) is 1. The fraction of sp³-hybridized carbons (Fsp3) is 0.643. The SMILES string of the molecule is CCC1C2CNCC2CN1c1ncnc2onc(C)c12. The van der Waals surface area contributed by atoms with Crippen molar-refractivity contribution < 1.29 is 4.52 Å². The molecule has 0 spiro atoms. The van der Waals surface area contributed by atoms with E-state index in [2.05, 4.69) is 32.3 Å². The Balaban J connectivity index is 1.81. The number of rotatable bonds is 2. The van der Waals surface area contributed by atoms with Crippen molar-refractivity contribution in [3.63, 3.8) is 0 Å². The first-order valence-corrected chi connectivity index (χ1v) is 7.34.